The first-order valence-electron chi connectivity index (χ1n) is 9.41. The lowest BCUT2D eigenvalue weighted by atomic mass is 10.1. The Labute approximate surface area is 204 Å². The third-order valence-electron chi connectivity index (χ3n) is 4.68. The molecule has 0 saturated carbocycles. The molecule has 0 aliphatic rings. The molecule has 0 bridgehead atoms. The van der Waals surface area contributed by atoms with E-state index in [1.165, 1.54) is 19.2 Å². The molecular weight excluding hydrogens is 521 g/mol. The Hall–Kier alpha value is -2.61. The fourth-order valence-corrected chi connectivity index (χ4v) is 3.94. The zero-order valence-corrected chi connectivity index (χ0v) is 20.3. The minimum absolute atomic E-state index is 0.159. The van der Waals surface area contributed by atoms with E-state index in [1.807, 2.05) is 6.07 Å². The molecular formula is C23H20BrCl2NO5. The predicted octanol–water partition coefficient (Wildman–Crippen LogP) is 6.66. The maximum Gasteiger partial charge on any atom is 0.335 e. The Bertz CT molecular complexity index is 1120. The predicted molar refractivity (Wildman–Crippen MR) is 129 cm³/mol. The van der Waals surface area contributed by atoms with Gasteiger partial charge in [0.1, 0.15) is 12.4 Å². The standard InChI is InChI=1S/C23H20BrCl2NO5/c1-30-20-7-6-13(23(28)29)8-19(20)27-11-14-9-21(31-2)22(10-16(14)24)32-12-15-17(25)4-3-5-18(15)26/h3-10,27H,11-12H2,1-2H3,(H,28,29). The second kappa shape index (κ2) is 10.8. The average Bonchev–Trinajstić information content (AvgIpc) is 2.77. The monoisotopic (exact) mass is 539 g/mol. The molecule has 0 fully saturated rings. The van der Waals surface area contributed by atoms with Crippen molar-refractivity contribution >= 4 is 50.8 Å². The summed E-state index contributed by atoms with van der Waals surface area (Å²) < 4.78 is 17.5. The maximum absolute atomic E-state index is 11.3. The molecule has 9 heteroatoms. The van der Waals surface area contributed by atoms with Crippen molar-refractivity contribution in [3.05, 3.63) is 79.7 Å². The number of aromatic carboxylic acids is 1. The van der Waals surface area contributed by atoms with Crippen LogP contribution in [0.15, 0.2) is 53.0 Å². The number of benzene rings is 3. The number of ether oxygens (including phenoxy) is 3. The van der Waals surface area contributed by atoms with Crippen LogP contribution in [0.1, 0.15) is 21.5 Å². The van der Waals surface area contributed by atoms with E-state index in [9.17, 15) is 9.90 Å². The summed E-state index contributed by atoms with van der Waals surface area (Å²) in [5, 5.41) is 13.5. The van der Waals surface area contributed by atoms with E-state index in [2.05, 4.69) is 21.2 Å². The third-order valence-corrected chi connectivity index (χ3v) is 6.13. The van der Waals surface area contributed by atoms with Gasteiger partial charge in [-0.25, -0.2) is 4.79 Å². The van der Waals surface area contributed by atoms with Crippen LogP contribution < -0.4 is 19.5 Å². The van der Waals surface area contributed by atoms with Crippen molar-refractivity contribution in [1.82, 2.24) is 0 Å². The van der Waals surface area contributed by atoms with Crippen LogP contribution in [0.5, 0.6) is 17.2 Å². The van der Waals surface area contributed by atoms with E-state index in [-0.39, 0.29) is 12.2 Å². The number of hydrogen-bond donors (Lipinski definition) is 2. The molecule has 0 aliphatic heterocycles. The molecule has 0 aromatic heterocycles. The van der Waals surface area contributed by atoms with Gasteiger partial charge in [-0.05, 0) is 48.0 Å². The highest BCUT2D eigenvalue weighted by Gasteiger charge is 2.14. The number of carbonyl (C=O) groups is 1. The molecule has 6 nitrogen and oxygen atoms in total. The summed E-state index contributed by atoms with van der Waals surface area (Å²) in [5.41, 5.74) is 2.27. The van der Waals surface area contributed by atoms with Gasteiger partial charge in [0.05, 0.1) is 25.5 Å². The first-order chi connectivity index (χ1) is 15.3. The minimum Gasteiger partial charge on any atom is -0.495 e. The lowest BCUT2D eigenvalue weighted by molar-refractivity contribution is 0.0697. The molecule has 0 unspecified atom stereocenters. The summed E-state index contributed by atoms with van der Waals surface area (Å²) in [6, 6.07) is 13.5. The van der Waals surface area contributed by atoms with Crippen LogP contribution in [0.4, 0.5) is 5.69 Å². The quantitative estimate of drug-likeness (QED) is 0.316. The third kappa shape index (κ3) is 5.59. The topological polar surface area (TPSA) is 77.0 Å². The molecule has 0 saturated heterocycles. The second-order valence-electron chi connectivity index (χ2n) is 6.66. The number of rotatable bonds is 9. The van der Waals surface area contributed by atoms with Gasteiger partial charge >= 0.3 is 5.97 Å². The first kappa shape index (κ1) is 24.0. The zero-order valence-electron chi connectivity index (χ0n) is 17.2. The van der Waals surface area contributed by atoms with Crippen molar-refractivity contribution < 1.29 is 24.1 Å². The van der Waals surface area contributed by atoms with Crippen LogP contribution in [-0.2, 0) is 13.2 Å². The minimum atomic E-state index is -1.02. The Balaban J connectivity index is 1.80. The van der Waals surface area contributed by atoms with E-state index >= 15 is 0 Å². The molecule has 2 N–H and O–H groups in total. The van der Waals surface area contributed by atoms with Crippen LogP contribution in [0, 0.1) is 0 Å². The molecule has 0 spiro atoms. The molecule has 3 aromatic carbocycles. The van der Waals surface area contributed by atoms with Crippen molar-refractivity contribution in [2.45, 2.75) is 13.2 Å². The van der Waals surface area contributed by atoms with Crippen LogP contribution in [0.3, 0.4) is 0 Å². The van der Waals surface area contributed by atoms with Gasteiger partial charge in [-0.1, -0.05) is 45.2 Å². The SMILES string of the molecule is COc1ccc(C(=O)O)cc1NCc1cc(OC)c(OCc2c(Cl)cccc2Cl)cc1Br. The fourth-order valence-electron chi connectivity index (χ4n) is 2.97. The second-order valence-corrected chi connectivity index (χ2v) is 8.33. The van der Waals surface area contributed by atoms with Crippen LogP contribution in [-0.4, -0.2) is 25.3 Å². The Morgan fingerprint density at radius 2 is 1.69 bits per heavy atom. The van der Waals surface area contributed by atoms with Crippen molar-refractivity contribution in [1.29, 1.82) is 0 Å². The van der Waals surface area contributed by atoms with Gasteiger partial charge < -0.3 is 24.6 Å². The molecule has 32 heavy (non-hydrogen) atoms. The average molecular weight is 541 g/mol. The van der Waals surface area contributed by atoms with Gasteiger partial charge in [-0.3, -0.25) is 0 Å². The van der Waals surface area contributed by atoms with Crippen LogP contribution >= 0.6 is 39.1 Å². The van der Waals surface area contributed by atoms with Crippen molar-refractivity contribution in [2.75, 3.05) is 19.5 Å². The fraction of sp³-hybridized carbons (Fsp3) is 0.174. The number of carboxylic acid groups (broad SMARTS) is 1. The number of nitrogens with one attached hydrogen (secondary N) is 1. The Kier molecular flexibility index (Phi) is 8.12. The first-order valence-corrected chi connectivity index (χ1v) is 11.0. The van der Waals surface area contributed by atoms with Gasteiger partial charge in [0.2, 0.25) is 0 Å². The lowest BCUT2D eigenvalue weighted by Crippen LogP contribution is -2.06. The van der Waals surface area contributed by atoms with Gasteiger partial charge in [0.25, 0.3) is 0 Å². The summed E-state index contributed by atoms with van der Waals surface area (Å²) in [6.45, 7) is 0.561. The molecule has 0 amide bonds. The molecule has 0 aliphatic carbocycles. The highest BCUT2D eigenvalue weighted by molar-refractivity contribution is 9.10. The molecule has 3 rings (SSSR count). The Morgan fingerprint density at radius 3 is 2.31 bits per heavy atom. The van der Waals surface area contributed by atoms with Crippen molar-refractivity contribution in [3.63, 3.8) is 0 Å². The largest absolute Gasteiger partial charge is 0.495 e. The highest BCUT2D eigenvalue weighted by Crippen LogP contribution is 2.36. The molecule has 168 valence electrons. The summed E-state index contributed by atoms with van der Waals surface area (Å²) in [7, 11) is 3.08. The normalized spacial score (nSPS) is 10.5. The van der Waals surface area contributed by atoms with E-state index < -0.39 is 5.97 Å². The molecule has 0 atom stereocenters. The van der Waals surface area contributed by atoms with Gasteiger partial charge in [-0.15, -0.1) is 0 Å². The van der Waals surface area contributed by atoms with Gasteiger partial charge in [-0.2, -0.15) is 0 Å². The smallest absolute Gasteiger partial charge is 0.335 e. The van der Waals surface area contributed by atoms with Gasteiger partial charge in [0.15, 0.2) is 11.5 Å². The van der Waals surface area contributed by atoms with Crippen LogP contribution in [0.25, 0.3) is 0 Å². The number of anilines is 1. The molecule has 0 radical (unpaired) electrons. The van der Waals surface area contributed by atoms with Gasteiger partial charge in [0, 0.05) is 26.6 Å². The lowest BCUT2D eigenvalue weighted by Gasteiger charge is -2.16. The number of carboxylic acids is 1. The van der Waals surface area contributed by atoms with E-state index in [0.29, 0.717) is 45.1 Å². The zero-order chi connectivity index (χ0) is 23.3. The number of hydrogen-bond acceptors (Lipinski definition) is 5. The molecule has 0 heterocycles. The van der Waals surface area contributed by atoms with E-state index in [4.69, 9.17) is 37.4 Å². The summed E-state index contributed by atoms with van der Waals surface area (Å²) in [6.07, 6.45) is 0. The van der Waals surface area contributed by atoms with E-state index in [0.717, 1.165) is 10.0 Å². The van der Waals surface area contributed by atoms with E-state index in [1.54, 1.807) is 37.4 Å². The summed E-state index contributed by atoms with van der Waals surface area (Å²) >= 11 is 16.0. The number of methoxy groups -OCH3 is 2. The van der Waals surface area contributed by atoms with Crippen molar-refractivity contribution in [3.8, 4) is 17.2 Å². The highest BCUT2D eigenvalue weighted by atomic mass is 79.9. The summed E-state index contributed by atoms with van der Waals surface area (Å²) in [5.74, 6) is 0.567. The Morgan fingerprint density at radius 1 is 1.00 bits per heavy atom. The summed E-state index contributed by atoms with van der Waals surface area (Å²) in [4.78, 5) is 11.3. The van der Waals surface area contributed by atoms with Crippen molar-refractivity contribution in [2.24, 2.45) is 0 Å². The number of halogens is 3. The van der Waals surface area contributed by atoms with Crippen LogP contribution in [0.2, 0.25) is 10.0 Å². The maximum atomic E-state index is 11.3. The molecule has 3 aromatic rings.